The number of fused-ring (bicyclic) bond motifs is 1. The van der Waals surface area contributed by atoms with Gasteiger partial charge in [-0.15, -0.1) is 11.3 Å². The summed E-state index contributed by atoms with van der Waals surface area (Å²) in [5.41, 5.74) is 2.71. The normalized spacial score (nSPS) is 13.9. The lowest BCUT2D eigenvalue weighted by atomic mass is 10.0. The monoisotopic (exact) mass is 556 g/mol. The Bertz CT molecular complexity index is 1490. The van der Waals surface area contributed by atoms with E-state index in [1.165, 1.54) is 16.2 Å². The van der Waals surface area contributed by atoms with Crippen molar-refractivity contribution in [3.8, 4) is 21.9 Å². The first kappa shape index (κ1) is 27.6. The Morgan fingerprint density at radius 1 is 0.950 bits per heavy atom. The van der Waals surface area contributed by atoms with Gasteiger partial charge in [0.1, 0.15) is 11.5 Å². The SMILES string of the molecule is COc1cc(OC)c(-c2cc3ccccc3s2)cc1C=CC(=O)c1ccc(C(=O)NCCN2CCOCC2)cc1. The molecule has 40 heavy (non-hydrogen) atoms. The van der Waals surface area contributed by atoms with Gasteiger partial charge in [-0.05, 0) is 47.9 Å². The van der Waals surface area contributed by atoms with Crippen molar-refractivity contribution in [3.05, 3.63) is 89.5 Å². The molecule has 1 N–H and O–H groups in total. The van der Waals surface area contributed by atoms with E-state index in [0.29, 0.717) is 29.2 Å². The number of benzene rings is 3. The molecule has 0 bridgehead atoms. The van der Waals surface area contributed by atoms with Crippen LogP contribution in [0.5, 0.6) is 11.5 Å². The van der Waals surface area contributed by atoms with Crippen molar-refractivity contribution in [1.82, 2.24) is 10.2 Å². The van der Waals surface area contributed by atoms with Crippen LogP contribution in [0.1, 0.15) is 26.3 Å². The first-order valence-electron chi connectivity index (χ1n) is 13.2. The Morgan fingerprint density at radius 3 is 2.40 bits per heavy atom. The highest BCUT2D eigenvalue weighted by atomic mass is 32.1. The Kier molecular flexibility index (Phi) is 8.91. The van der Waals surface area contributed by atoms with Crippen LogP contribution >= 0.6 is 11.3 Å². The van der Waals surface area contributed by atoms with Gasteiger partial charge in [0.2, 0.25) is 0 Å². The van der Waals surface area contributed by atoms with Crippen molar-refractivity contribution in [2.24, 2.45) is 0 Å². The fraction of sp³-hybridized carbons (Fsp3) is 0.250. The van der Waals surface area contributed by atoms with Gasteiger partial charge < -0.3 is 19.5 Å². The number of nitrogens with one attached hydrogen (secondary N) is 1. The fourth-order valence-corrected chi connectivity index (χ4v) is 5.75. The van der Waals surface area contributed by atoms with E-state index in [1.54, 1.807) is 55.9 Å². The highest BCUT2D eigenvalue weighted by molar-refractivity contribution is 7.22. The van der Waals surface area contributed by atoms with Gasteiger partial charge in [-0.25, -0.2) is 0 Å². The quantitative estimate of drug-likeness (QED) is 0.204. The molecular formula is C32H32N2O5S. The van der Waals surface area contributed by atoms with Crippen LogP contribution in [0.4, 0.5) is 0 Å². The molecule has 2 heterocycles. The molecule has 1 saturated heterocycles. The molecule has 1 aliphatic heterocycles. The molecule has 7 nitrogen and oxygen atoms in total. The van der Waals surface area contributed by atoms with Gasteiger partial charge in [-0.1, -0.05) is 30.3 Å². The van der Waals surface area contributed by atoms with Crippen molar-refractivity contribution in [2.45, 2.75) is 0 Å². The predicted octanol–water partition coefficient (Wildman–Crippen LogP) is 5.54. The van der Waals surface area contributed by atoms with E-state index in [0.717, 1.165) is 48.9 Å². The summed E-state index contributed by atoms with van der Waals surface area (Å²) in [6.07, 6.45) is 3.28. The smallest absolute Gasteiger partial charge is 0.251 e. The van der Waals surface area contributed by atoms with Crippen molar-refractivity contribution in [2.75, 3.05) is 53.6 Å². The number of hydrogen-bond acceptors (Lipinski definition) is 7. The molecular weight excluding hydrogens is 524 g/mol. The zero-order chi connectivity index (χ0) is 27.9. The third-order valence-electron chi connectivity index (χ3n) is 6.91. The number of thiophene rings is 1. The second-order valence-electron chi connectivity index (χ2n) is 9.43. The predicted molar refractivity (Wildman–Crippen MR) is 160 cm³/mol. The molecule has 0 unspecified atom stereocenters. The first-order chi connectivity index (χ1) is 19.6. The summed E-state index contributed by atoms with van der Waals surface area (Å²) in [5, 5.41) is 4.12. The van der Waals surface area contributed by atoms with Crippen LogP contribution in [0.2, 0.25) is 0 Å². The van der Waals surface area contributed by atoms with Gasteiger partial charge in [0.05, 0.1) is 27.4 Å². The molecule has 1 aromatic heterocycles. The number of carbonyl (C=O) groups excluding carboxylic acids is 2. The second-order valence-corrected chi connectivity index (χ2v) is 10.5. The summed E-state index contributed by atoms with van der Waals surface area (Å²) >= 11 is 1.69. The van der Waals surface area contributed by atoms with Gasteiger partial charge in [-0.3, -0.25) is 14.5 Å². The Hall–Kier alpha value is -3.98. The summed E-state index contributed by atoms with van der Waals surface area (Å²) in [6, 6.07) is 20.9. The van der Waals surface area contributed by atoms with E-state index < -0.39 is 0 Å². The Balaban J connectivity index is 1.28. The third kappa shape index (κ3) is 6.42. The van der Waals surface area contributed by atoms with Crippen molar-refractivity contribution >= 4 is 39.2 Å². The van der Waals surface area contributed by atoms with Crippen LogP contribution in [-0.2, 0) is 4.74 Å². The van der Waals surface area contributed by atoms with Crippen LogP contribution < -0.4 is 14.8 Å². The molecule has 5 rings (SSSR count). The number of methoxy groups -OCH3 is 2. The van der Waals surface area contributed by atoms with Crippen LogP contribution in [0, 0.1) is 0 Å². The highest BCUT2D eigenvalue weighted by Gasteiger charge is 2.15. The number of allylic oxidation sites excluding steroid dienone is 1. The number of ketones is 1. The van der Waals surface area contributed by atoms with E-state index in [-0.39, 0.29) is 11.7 Å². The number of ether oxygens (including phenoxy) is 3. The zero-order valence-electron chi connectivity index (χ0n) is 22.6. The minimum Gasteiger partial charge on any atom is -0.496 e. The molecule has 8 heteroatoms. The average molecular weight is 557 g/mol. The summed E-state index contributed by atoms with van der Waals surface area (Å²) in [6.45, 7) is 4.59. The number of amides is 1. The topological polar surface area (TPSA) is 77.1 Å². The average Bonchev–Trinajstić information content (AvgIpc) is 3.44. The minimum atomic E-state index is -0.166. The maximum atomic E-state index is 13.0. The van der Waals surface area contributed by atoms with E-state index in [2.05, 4.69) is 28.4 Å². The molecule has 0 spiro atoms. The number of carbonyl (C=O) groups is 2. The molecule has 1 fully saturated rings. The van der Waals surface area contributed by atoms with Gasteiger partial charge >= 0.3 is 0 Å². The first-order valence-corrected chi connectivity index (χ1v) is 14.0. The van der Waals surface area contributed by atoms with E-state index >= 15 is 0 Å². The van der Waals surface area contributed by atoms with Crippen molar-refractivity contribution in [1.29, 1.82) is 0 Å². The number of rotatable bonds is 10. The summed E-state index contributed by atoms with van der Waals surface area (Å²) < 4.78 is 17.8. The third-order valence-corrected chi connectivity index (χ3v) is 8.06. The van der Waals surface area contributed by atoms with Gasteiger partial charge in [0.25, 0.3) is 5.91 Å². The van der Waals surface area contributed by atoms with E-state index in [1.807, 2.05) is 24.3 Å². The molecule has 0 aliphatic carbocycles. The molecule has 206 valence electrons. The van der Waals surface area contributed by atoms with Gasteiger partial charge in [0, 0.05) is 64.1 Å². The Labute approximate surface area is 238 Å². The largest absolute Gasteiger partial charge is 0.496 e. The van der Waals surface area contributed by atoms with Crippen molar-refractivity contribution in [3.63, 3.8) is 0 Å². The van der Waals surface area contributed by atoms with Gasteiger partial charge in [-0.2, -0.15) is 0 Å². The van der Waals surface area contributed by atoms with E-state index in [4.69, 9.17) is 14.2 Å². The molecule has 0 radical (unpaired) electrons. The lowest BCUT2D eigenvalue weighted by Crippen LogP contribution is -2.41. The summed E-state index contributed by atoms with van der Waals surface area (Å²) in [7, 11) is 3.23. The molecule has 4 aromatic rings. The number of morpholine rings is 1. The molecule has 1 amide bonds. The fourth-order valence-electron chi connectivity index (χ4n) is 4.66. The van der Waals surface area contributed by atoms with Crippen LogP contribution in [0.15, 0.2) is 72.8 Å². The standard InChI is InChI=1S/C32H32N2O5S/c1-37-28-21-29(38-2)26(31-20-25-5-3-4-6-30(25)40-31)19-24(28)11-12-27(35)22-7-9-23(10-8-22)32(36)33-13-14-34-15-17-39-18-16-34/h3-12,19-21H,13-18H2,1-2H3,(H,33,36). The van der Waals surface area contributed by atoms with Gasteiger partial charge in [0.15, 0.2) is 5.78 Å². The Morgan fingerprint density at radius 2 is 1.68 bits per heavy atom. The minimum absolute atomic E-state index is 0.153. The second kappa shape index (κ2) is 12.9. The summed E-state index contributed by atoms with van der Waals surface area (Å²) in [4.78, 5) is 28.8. The lowest BCUT2D eigenvalue weighted by molar-refractivity contribution is 0.0383. The van der Waals surface area contributed by atoms with Crippen LogP contribution in [0.3, 0.4) is 0 Å². The number of nitrogens with zero attached hydrogens (tertiary/aromatic N) is 1. The lowest BCUT2D eigenvalue weighted by Gasteiger charge is -2.26. The number of hydrogen-bond donors (Lipinski definition) is 1. The molecule has 0 atom stereocenters. The van der Waals surface area contributed by atoms with Crippen LogP contribution in [0.25, 0.3) is 26.6 Å². The maximum absolute atomic E-state index is 13.0. The van der Waals surface area contributed by atoms with E-state index in [9.17, 15) is 9.59 Å². The zero-order valence-corrected chi connectivity index (χ0v) is 23.5. The summed E-state index contributed by atoms with van der Waals surface area (Å²) in [5.74, 6) is 0.987. The van der Waals surface area contributed by atoms with Crippen LogP contribution in [-0.4, -0.2) is 70.2 Å². The van der Waals surface area contributed by atoms with Crippen molar-refractivity contribution < 1.29 is 23.8 Å². The highest BCUT2D eigenvalue weighted by Crippen LogP contribution is 2.41. The molecule has 3 aromatic carbocycles. The molecule has 1 aliphatic rings. The molecule has 0 saturated carbocycles. The maximum Gasteiger partial charge on any atom is 0.251 e.